The van der Waals surface area contributed by atoms with Crippen LogP contribution >= 0.6 is 0 Å². The van der Waals surface area contributed by atoms with Gasteiger partial charge in [0.1, 0.15) is 0 Å². The zero-order valence-corrected chi connectivity index (χ0v) is 15.2. The molecule has 0 aliphatic carbocycles. The molecule has 2 rings (SSSR count). The molecule has 0 bridgehead atoms. The van der Waals surface area contributed by atoms with E-state index >= 15 is 0 Å². The number of rotatable bonds is 10. The zero-order chi connectivity index (χ0) is 18.9. The largest absolute Gasteiger partial charge is 0.370 e. The van der Waals surface area contributed by atoms with Crippen molar-refractivity contribution in [2.24, 2.45) is 5.73 Å². The fourth-order valence-electron chi connectivity index (χ4n) is 2.46. The summed E-state index contributed by atoms with van der Waals surface area (Å²) in [4.78, 5) is 31.5. The molecule has 1 heterocycles. The summed E-state index contributed by atoms with van der Waals surface area (Å²) in [5.74, 6) is 0.603. The highest BCUT2D eigenvalue weighted by molar-refractivity contribution is 5.79. The van der Waals surface area contributed by atoms with E-state index in [0.29, 0.717) is 31.2 Å². The second kappa shape index (κ2) is 9.67. The van der Waals surface area contributed by atoms with E-state index in [9.17, 15) is 9.59 Å². The highest BCUT2D eigenvalue weighted by Gasteiger charge is 2.18. The molecule has 1 aromatic heterocycles. The Kier molecular flexibility index (Phi) is 7.28. The fraction of sp³-hybridized carbons (Fsp3) is 0.444. The van der Waals surface area contributed by atoms with Crippen LogP contribution in [0.15, 0.2) is 34.9 Å². The SMILES string of the molecule is CCc1noc(CN(C)CC(=O)N(CCC(N)=O)Cc2ccccc2)n1. The Hall–Kier alpha value is -2.74. The summed E-state index contributed by atoms with van der Waals surface area (Å²) < 4.78 is 5.15. The van der Waals surface area contributed by atoms with Gasteiger partial charge >= 0.3 is 0 Å². The number of carbonyl (C=O) groups excluding carboxylic acids is 2. The number of primary amides is 1. The molecular formula is C18H25N5O3. The minimum Gasteiger partial charge on any atom is -0.370 e. The summed E-state index contributed by atoms with van der Waals surface area (Å²) in [6.07, 6.45) is 0.829. The van der Waals surface area contributed by atoms with Crippen molar-refractivity contribution in [1.29, 1.82) is 0 Å². The van der Waals surface area contributed by atoms with Gasteiger partial charge in [-0.3, -0.25) is 14.5 Å². The molecule has 0 unspecified atom stereocenters. The molecule has 0 saturated heterocycles. The molecular weight excluding hydrogens is 334 g/mol. The fourth-order valence-corrected chi connectivity index (χ4v) is 2.46. The van der Waals surface area contributed by atoms with E-state index < -0.39 is 5.91 Å². The van der Waals surface area contributed by atoms with Crippen LogP contribution in [-0.2, 0) is 29.1 Å². The smallest absolute Gasteiger partial charge is 0.240 e. The molecule has 0 radical (unpaired) electrons. The van der Waals surface area contributed by atoms with Crippen LogP contribution in [0.3, 0.4) is 0 Å². The molecule has 2 amide bonds. The topological polar surface area (TPSA) is 106 Å². The van der Waals surface area contributed by atoms with Crippen LogP contribution in [0.5, 0.6) is 0 Å². The molecule has 0 saturated carbocycles. The van der Waals surface area contributed by atoms with Crippen molar-refractivity contribution in [3.8, 4) is 0 Å². The Bertz CT molecular complexity index is 717. The Morgan fingerprint density at radius 1 is 1.19 bits per heavy atom. The molecule has 0 atom stereocenters. The molecule has 0 aliphatic heterocycles. The Labute approximate surface area is 153 Å². The molecule has 8 heteroatoms. The Morgan fingerprint density at radius 2 is 1.92 bits per heavy atom. The third-order valence-electron chi connectivity index (χ3n) is 3.83. The summed E-state index contributed by atoms with van der Waals surface area (Å²) in [6.45, 7) is 3.23. The number of hydrogen-bond acceptors (Lipinski definition) is 6. The second-order valence-corrected chi connectivity index (χ2v) is 6.15. The predicted molar refractivity (Wildman–Crippen MR) is 95.7 cm³/mol. The third kappa shape index (κ3) is 6.29. The van der Waals surface area contributed by atoms with E-state index in [1.807, 2.05) is 44.3 Å². The maximum Gasteiger partial charge on any atom is 0.240 e. The maximum atomic E-state index is 12.7. The monoisotopic (exact) mass is 359 g/mol. The minimum atomic E-state index is -0.429. The van der Waals surface area contributed by atoms with Gasteiger partial charge in [0.2, 0.25) is 17.7 Å². The normalized spacial score (nSPS) is 10.9. The average Bonchev–Trinajstić information content (AvgIpc) is 3.06. The molecule has 1 aromatic carbocycles. The molecule has 8 nitrogen and oxygen atoms in total. The summed E-state index contributed by atoms with van der Waals surface area (Å²) >= 11 is 0. The summed E-state index contributed by atoms with van der Waals surface area (Å²) in [5, 5.41) is 3.85. The van der Waals surface area contributed by atoms with Crippen molar-refractivity contribution >= 4 is 11.8 Å². The predicted octanol–water partition coefficient (Wildman–Crippen LogP) is 0.968. The number of carbonyl (C=O) groups is 2. The number of hydrogen-bond donors (Lipinski definition) is 1. The van der Waals surface area contributed by atoms with Crippen LogP contribution in [0.2, 0.25) is 0 Å². The van der Waals surface area contributed by atoms with Crippen molar-refractivity contribution in [3.05, 3.63) is 47.6 Å². The van der Waals surface area contributed by atoms with Gasteiger partial charge in [0, 0.05) is 25.9 Å². The van der Waals surface area contributed by atoms with Crippen LogP contribution in [0.4, 0.5) is 0 Å². The lowest BCUT2D eigenvalue weighted by Gasteiger charge is -2.25. The van der Waals surface area contributed by atoms with Crippen LogP contribution in [0, 0.1) is 0 Å². The number of amides is 2. The van der Waals surface area contributed by atoms with Gasteiger partial charge in [-0.25, -0.2) is 0 Å². The van der Waals surface area contributed by atoms with Crippen LogP contribution in [-0.4, -0.2) is 51.9 Å². The van der Waals surface area contributed by atoms with Gasteiger partial charge in [-0.1, -0.05) is 42.4 Å². The first-order valence-corrected chi connectivity index (χ1v) is 8.58. The number of nitrogens with zero attached hydrogens (tertiary/aromatic N) is 4. The standard InChI is InChI=1S/C18H25N5O3/c1-3-16-20-17(26-21-16)12-22(2)13-18(25)23(10-9-15(19)24)11-14-7-5-4-6-8-14/h4-8H,3,9-13H2,1-2H3,(H2,19,24). The van der Waals surface area contributed by atoms with E-state index in [1.165, 1.54) is 0 Å². The zero-order valence-electron chi connectivity index (χ0n) is 15.2. The molecule has 140 valence electrons. The number of likely N-dealkylation sites (N-methyl/N-ethyl adjacent to an activating group) is 1. The Balaban J connectivity index is 1.96. The first-order chi connectivity index (χ1) is 12.5. The van der Waals surface area contributed by atoms with E-state index in [2.05, 4.69) is 10.1 Å². The van der Waals surface area contributed by atoms with Crippen LogP contribution in [0.25, 0.3) is 0 Å². The van der Waals surface area contributed by atoms with Gasteiger partial charge in [0.15, 0.2) is 5.82 Å². The number of benzene rings is 1. The first-order valence-electron chi connectivity index (χ1n) is 8.58. The molecule has 26 heavy (non-hydrogen) atoms. The Morgan fingerprint density at radius 3 is 2.54 bits per heavy atom. The van der Waals surface area contributed by atoms with Crippen LogP contribution < -0.4 is 5.73 Å². The van der Waals surface area contributed by atoms with Crippen molar-refractivity contribution in [1.82, 2.24) is 19.9 Å². The number of aromatic nitrogens is 2. The summed E-state index contributed by atoms with van der Waals surface area (Å²) in [7, 11) is 1.81. The lowest BCUT2D eigenvalue weighted by atomic mass is 10.2. The third-order valence-corrected chi connectivity index (χ3v) is 3.83. The summed E-state index contributed by atoms with van der Waals surface area (Å²) in [5.41, 5.74) is 6.24. The maximum absolute atomic E-state index is 12.7. The molecule has 0 fully saturated rings. The van der Waals surface area contributed by atoms with Crippen molar-refractivity contribution < 1.29 is 14.1 Å². The second-order valence-electron chi connectivity index (χ2n) is 6.15. The number of nitrogens with two attached hydrogens (primary N) is 1. The highest BCUT2D eigenvalue weighted by atomic mass is 16.5. The van der Waals surface area contributed by atoms with E-state index in [0.717, 1.165) is 5.56 Å². The van der Waals surface area contributed by atoms with Gasteiger partial charge in [0.25, 0.3) is 0 Å². The van der Waals surface area contributed by atoms with Gasteiger partial charge in [-0.2, -0.15) is 4.98 Å². The quantitative estimate of drug-likeness (QED) is 0.677. The molecule has 0 spiro atoms. The van der Waals surface area contributed by atoms with E-state index in [-0.39, 0.29) is 25.4 Å². The van der Waals surface area contributed by atoms with Gasteiger partial charge in [-0.15, -0.1) is 0 Å². The lowest BCUT2D eigenvalue weighted by molar-refractivity contribution is -0.133. The molecule has 2 N–H and O–H groups in total. The van der Waals surface area contributed by atoms with Crippen molar-refractivity contribution in [3.63, 3.8) is 0 Å². The van der Waals surface area contributed by atoms with Crippen molar-refractivity contribution in [2.45, 2.75) is 32.9 Å². The lowest BCUT2D eigenvalue weighted by Crippen LogP contribution is -2.40. The van der Waals surface area contributed by atoms with Crippen LogP contribution in [0.1, 0.15) is 30.6 Å². The van der Waals surface area contributed by atoms with Gasteiger partial charge < -0.3 is 15.2 Å². The van der Waals surface area contributed by atoms with E-state index in [4.69, 9.17) is 10.3 Å². The van der Waals surface area contributed by atoms with Gasteiger partial charge in [0.05, 0.1) is 13.1 Å². The molecule has 2 aromatic rings. The van der Waals surface area contributed by atoms with Crippen molar-refractivity contribution in [2.75, 3.05) is 20.1 Å². The minimum absolute atomic E-state index is 0.0900. The van der Waals surface area contributed by atoms with E-state index in [1.54, 1.807) is 9.80 Å². The molecule has 0 aliphatic rings. The van der Waals surface area contributed by atoms with Gasteiger partial charge in [-0.05, 0) is 12.6 Å². The average molecular weight is 359 g/mol. The number of aryl methyl sites for hydroxylation is 1. The highest BCUT2D eigenvalue weighted by Crippen LogP contribution is 2.08. The first kappa shape index (κ1) is 19.6. The summed E-state index contributed by atoms with van der Waals surface area (Å²) in [6, 6.07) is 9.64.